The molecule has 2 aromatic rings. The van der Waals surface area contributed by atoms with Crippen molar-refractivity contribution in [1.29, 1.82) is 0 Å². The first-order valence-corrected chi connectivity index (χ1v) is 11.9. The van der Waals surface area contributed by atoms with E-state index in [1.54, 1.807) is 30.3 Å². The van der Waals surface area contributed by atoms with Gasteiger partial charge in [-0.3, -0.25) is 9.10 Å². The first-order valence-electron chi connectivity index (χ1n) is 10.4. The molecule has 7 nitrogen and oxygen atoms in total. The van der Waals surface area contributed by atoms with Crippen LogP contribution in [0.2, 0.25) is 0 Å². The Morgan fingerprint density at radius 2 is 1.71 bits per heavy atom. The largest absolute Gasteiger partial charge is 0.449 e. The van der Waals surface area contributed by atoms with Crippen molar-refractivity contribution < 1.29 is 22.7 Å². The first-order chi connectivity index (χ1) is 14.8. The van der Waals surface area contributed by atoms with Crippen molar-refractivity contribution in [3.8, 4) is 0 Å². The number of sulfonamides is 1. The molecule has 8 heteroatoms. The molecule has 1 aliphatic rings. The van der Waals surface area contributed by atoms with Gasteiger partial charge in [-0.2, -0.15) is 0 Å². The number of carbonyl (C=O) groups is 2. The van der Waals surface area contributed by atoms with Gasteiger partial charge in [0.2, 0.25) is 0 Å². The molecular weight excluding hydrogens is 416 g/mol. The molecule has 1 aliphatic carbocycles. The van der Waals surface area contributed by atoms with Gasteiger partial charge in [0.15, 0.2) is 6.10 Å². The standard InChI is InChI=1S/C23H28N2O5S/c1-17(22(26)24-19-11-5-3-6-12-19)30-23(27)18-10-9-15-21(16-18)31(28,29)25(2)20-13-7-4-8-14-20/h4,7-10,13-17,19H,3,5-6,11-12H2,1-2H3,(H,24,26). The second-order valence-electron chi connectivity index (χ2n) is 7.73. The van der Waals surface area contributed by atoms with Crippen LogP contribution in [0.25, 0.3) is 0 Å². The van der Waals surface area contributed by atoms with Crippen LogP contribution in [-0.4, -0.2) is 39.5 Å². The summed E-state index contributed by atoms with van der Waals surface area (Å²) in [5, 5.41) is 2.93. The third-order valence-corrected chi connectivity index (χ3v) is 7.23. The van der Waals surface area contributed by atoms with Gasteiger partial charge < -0.3 is 10.1 Å². The van der Waals surface area contributed by atoms with E-state index in [-0.39, 0.29) is 22.4 Å². The van der Waals surface area contributed by atoms with Gasteiger partial charge in [0.1, 0.15) is 0 Å². The van der Waals surface area contributed by atoms with Crippen LogP contribution >= 0.6 is 0 Å². The third-order valence-electron chi connectivity index (χ3n) is 5.45. The van der Waals surface area contributed by atoms with E-state index in [9.17, 15) is 18.0 Å². The van der Waals surface area contributed by atoms with Crippen molar-refractivity contribution in [2.24, 2.45) is 0 Å². The molecule has 166 valence electrons. The molecule has 1 saturated carbocycles. The molecule has 1 fully saturated rings. The molecule has 3 rings (SSSR count). The van der Waals surface area contributed by atoms with Crippen LogP contribution in [0.3, 0.4) is 0 Å². The Bertz CT molecular complexity index is 1020. The maximum absolute atomic E-state index is 13.0. The minimum Gasteiger partial charge on any atom is -0.449 e. The van der Waals surface area contributed by atoms with E-state index in [1.165, 1.54) is 44.7 Å². The van der Waals surface area contributed by atoms with Crippen molar-refractivity contribution in [2.75, 3.05) is 11.4 Å². The van der Waals surface area contributed by atoms with Crippen LogP contribution in [0.5, 0.6) is 0 Å². The molecule has 2 aromatic carbocycles. The zero-order valence-electron chi connectivity index (χ0n) is 17.8. The van der Waals surface area contributed by atoms with Gasteiger partial charge in [-0.15, -0.1) is 0 Å². The fourth-order valence-electron chi connectivity index (χ4n) is 3.57. The summed E-state index contributed by atoms with van der Waals surface area (Å²) in [4.78, 5) is 24.9. The lowest BCUT2D eigenvalue weighted by atomic mass is 9.95. The number of hydrogen-bond acceptors (Lipinski definition) is 5. The molecule has 0 bridgehead atoms. The van der Waals surface area contributed by atoms with Crippen molar-refractivity contribution in [3.63, 3.8) is 0 Å². The molecule has 1 unspecified atom stereocenters. The molecule has 0 heterocycles. The number of ether oxygens (including phenoxy) is 1. The van der Waals surface area contributed by atoms with Crippen LogP contribution in [0.15, 0.2) is 59.5 Å². The van der Waals surface area contributed by atoms with Crippen LogP contribution in [0, 0.1) is 0 Å². The van der Waals surface area contributed by atoms with Crippen LogP contribution in [-0.2, 0) is 19.6 Å². The Kier molecular flexibility index (Phi) is 7.33. The molecule has 0 aliphatic heterocycles. The molecular formula is C23H28N2O5S. The minimum atomic E-state index is -3.87. The van der Waals surface area contributed by atoms with Gasteiger partial charge in [0, 0.05) is 13.1 Å². The van der Waals surface area contributed by atoms with Crippen LogP contribution in [0.4, 0.5) is 5.69 Å². The highest BCUT2D eigenvalue weighted by molar-refractivity contribution is 7.92. The lowest BCUT2D eigenvalue weighted by Crippen LogP contribution is -2.42. The average Bonchev–Trinajstić information content (AvgIpc) is 2.79. The van der Waals surface area contributed by atoms with Crippen molar-refractivity contribution in [2.45, 2.75) is 56.1 Å². The van der Waals surface area contributed by atoms with Gasteiger partial charge in [-0.05, 0) is 50.1 Å². The maximum atomic E-state index is 13.0. The number of nitrogens with zero attached hydrogens (tertiary/aromatic N) is 1. The highest BCUT2D eigenvalue weighted by Crippen LogP contribution is 2.23. The van der Waals surface area contributed by atoms with E-state index < -0.39 is 22.1 Å². The summed E-state index contributed by atoms with van der Waals surface area (Å²) in [6, 6.07) is 14.4. The number of esters is 1. The van der Waals surface area contributed by atoms with Crippen LogP contribution in [0.1, 0.15) is 49.4 Å². The molecule has 1 amide bonds. The lowest BCUT2D eigenvalue weighted by molar-refractivity contribution is -0.130. The number of benzene rings is 2. The van der Waals surface area contributed by atoms with Crippen molar-refractivity contribution >= 4 is 27.6 Å². The number of hydrogen-bond donors (Lipinski definition) is 1. The van der Waals surface area contributed by atoms with E-state index in [0.29, 0.717) is 5.69 Å². The summed E-state index contributed by atoms with van der Waals surface area (Å²) in [5.41, 5.74) is 0.573. The Hall–Kier alpha value is -2.87. The normalized spacial score (nSPS) is 15.7. The van der Waals surface area contributed by atoms with E-state index in [1.807, 2.05) is 0 Å². The number of rotatable bonds is 7. The molecule has 0 saturated heterocycles. The number of para-hydroxylation sites is 1. The first kappa shape index (κ1) is 22.8. The summed E-state index contributed by atoms with van der Waals surface area (Å²) in [6.07, 6.45) is 4.23. The lowest BCUT2D eigenvalue weighted by Gasteiger charge is -2.24. The van der Waals surface area contributed by atoms with E-state index in [4.69, 9.17) is 4.74 Å². The van der Waals surface area contributed by atoms with E-state index >= 15 is 0 Å². The number of anilines is 1. The van der Waals surface area contributed by atoms with Crippen molar-refractivity contribution in [1.82, 2.24) is 5.32 Å². The molecule has 31 heavy (non-hydrogen) atoms. The summed E-state index contributed by atoms with van der Waals surface area (Å²) < 4.78 is 32.4. The van der Waals surface area contributed by atoms with Gasteiger partial charge in [0.25, 0.3) is 15.9 Å². The number of nitrogens with one attached hydrogen (secondary N) is 1. The molecule has 1 atom stereocenters. The second-order valence-corrected chi connectivity index (χ2v) is 9.70. The summed E-state index contributed by atoms with van der Waals surface area (Å²) in [6.45, 7) is 1.51. The quantitative estimate of drug-likeness (QED) is 0.660. The SMILES string of the molecule is CC(OC(=O)c1cccc(S(=O)(=O)N(C)c2ccccc2)c1)C(=O)NC1CCCCC1. The van der Waals surface area contributed by atoms with Crippen molar-refractivity contribution in [3.05, 3.63) is 60.2 Å². The smallest absolute Gasteiger partial charge is 0.338 e. The summed E-state index contributed by atoms with van der Waals surface area (Å²) in [5.74, 6) is -1.08. The fourth-order valence-corrected chi connectivity index (χ4v) is 4.81. The Balaban J connectivity index is 1.68. The Morgan fingerprint density at radius 1 is 1.03 bits per heavy atom. The predicted molar refractivity (Wildman–Crippen MR) is 118 cm³/mol. The number of amides is 1. The Labute approximate surface area is 183 Å². The predicted octanol–water partition coefficient (Wildman–Crippen LogP) is 3.51. The summed E-state index contributed by atoms with van der Waals surface area (Å²) >= 11 is 0. The fraction of sp³-hybridized carbons (Fsp3) is 0.391. The highest BCUT2D eigenvalue weighted by Gasteiger charge is 2.25. The van der Waals surface area contributed by atoms with Gasteiger partial charge in [-0.1, -0.05) is 43.5 Å². The summed E-state index contributed by atoms with van der Waals surface area (Å²) in [7, 11) is -2.41. The molecule has 0 spiro atoms. The van der Waals surface area contributed by atoms with Crippen LogP contribution < -0.4 is 9.62 Å². The van der Waals surface area contributed by atoms with Gasteiger partial charge >= 0.3 is 5.97 Å². The highest BCUT2D eigenvalue weighted by atomic mass is 32.2. The zero-order valence-corrected chi connectivity index (χ0v) is 18.6. The second kappa shape index (κ2) is 9.96. The third kappa shape index (κ3) is 5.64. The topological polar surface area (TPSA) is 92.8 Å². The zero-order chi connectivity index (χ0) is 22.4. The van der Waals surface area contributed by atoms with E-state index in [2.05, 4.69) is 5.32 Å². The molecule has 0 radical (unpaired) electrons. The van der Waals surface area contributed by atoms with Gasteiger partial charge in [0.05, 0.1) is 16.1 Å². The molecule has 0 aromatic heterocycles. The maximum Gasteiger partial charge on any atom is 0.338 e. The average molecular weight is 445 g/mol. The Morgan fingerprint density at radius 3 is 2.39 bits per heavy atom. The monoisotopic (exact) mass is 444 g/mol. The number of carbonyl (C=O) groups excluding carboxylic acids is 2. The van der Waals surface area contributed by atoms with Gasteiger partial charge in [-0.25, -0.2) is 13.2 Å². The molecule has 1 N–H and O–H groups in total. The van der Waals surface area contributed by atoms with E-state index in [0.717, 1.165) is 30.0 Å². The minimum absolute atomic E-state index is 0.0346.